The first-order valence-electron chi connectivity index (χ1n) is 6.09. The van der Waals surface area contributed by atoms with E-state index < -0.39 is 0 Å². The highest BCUT2D eigenvalue weighted by atomic mass is 31.1. The molecule has 1 aliphatic carbocycles. The van der Waals surface area contributed by atoms with E-state index in [1.54, 1.807) is 5.30 Å². The molecule has 0 spiro atoms. The number of benzene rings is 1. The second-order valence-corrected chi connectivity index (χ2v) is 7.28. The maximum absolute atomic E-state index is 2.48. The molecule has 1 aromatic carbocycles. The first kappa shape index (κ1) is 10.9. The molecule has 0 radical (unpaired) electrons. The quantitative estimate of drug-likeness (QED) is 0.634. The van der Waals surface area contributed by atoms with E-state index in [9.17, 15) is 0 Å². The maximum Gasteiger partial charge on any atom is 0.0442 e. The summed E-state index contributed by atoms with van der Waals surface area (Å²) >= 11 is 0. The average Bonchev–Trinajstić information content (AvgIpc) is 2.77. The Bertz CT molecular complexity index is 602. The van der Waals surface area contributed by atoms with E-state index in [-0.39, 0.29) is 7.53 Å². The molecule has 0 nitrogen and oxygen atoms in total. The molecule has 1 heteroatoms. The molecule has 0 fully saturated rings. The smallest absolute Gasteiger partial charge is 0.0442 e. The number of aryl methyl sites for hydroxylation is 2. The monoisotopic (exact) mass is 240 g/mol. The molecule has 1 aliphatic rings. The van der Waals surface area contributed by atoms with Crippen molar-refractivity contribution in [3.05, 3.63) is 63.7 Å². The van der Waals surface area contributed by atoms with Crippen molar-refractivity contribution in [2.75, 3.05) is 0 Å². The van der Waals surface area contributed by atoms with Crippen LogP contribution in [0.1, 0.15) is 34.6 Å². The van der Waals surface area contributed by atoms with E-state index in [2.05, 4.69) is 63.0 Å². The molecule has 2 atom stereocenters. The summed E-state index contributed by atoms with van der Waals surface area (Å²) in [4.78, 5) is 0. The van der Waals surface area contributed by atoms with Crippen molar-refractivity contribution in [2.45, 2.75) is 26.4 Å². The van der Waals surface area contributed by atoms with Crippen LogP contribution >= 0.6 is 7.53 Å². The van der Waals surface area contributed by atoms with Crippen LogP contribution in [0.15, 0.2) is 41.7 Å². The molecule has 0 saturated heterocycles. The van der Waals surface area contributed by atoms with E-state index in [0.29, 0.717) is 5.66 Å². The van der Waals surface area contributed by atoms with Crippen LogP contribution in [0.5, 0.6) is 0 Å². The Kier molecular flexibility index (Phi) is 2.49. The second-order valence-electron chi connectivity index (χ2n) is 4.99. The topological polar surface area (TPSA) is 0 Å². The summed E-state index contributed by atoms with van der Waals surface area (Å²) in [5, 5.41) is 1.56. The Morgan fingerprint density at radius 3 is 2.53 bits per heavy atom. The molecule has 3 rings (SSSR count). The lowest BCUT2D eigenvalue weighted by Gasteiger charge is -2.15. The zero-order chi connectivity index (χ0) is 12.0. The van der Waals surface area contributed by atoms with Crippen LogP contribution in [-0.4, -0.2) is 0 Å². The van der Waals surface area contributed by atoms with E-state index in [1.807, 2.05) is 0 Å². The van der Waals surface area contributed by atoms with Gasteiger partial charge in [-0.05, 0) is 48.6 Å². The van der Waals surface area contributed by atoms with Gasteiger partial charge in [0.15, 0.2) is 0 Å². The lowest BCUT2D eigenvalue weighted by Crippen LogP contribution is -1.90. The molecular weight excluding hydrogens is 223 g/mol. The highest BCUT2D eigenvalue weighted by Gasteiger charge is 2.24. The highest BCUT2D eigenvalue weighted by molar-refractivity contribution is 7.51. The van der Waals surface area contributed by atoms with Gasteiger partial charge in [0.25, 0.3) is 0 Å². The van der Waals surface area contributed by atoms with Crippen molar-refractivity contribution in [3.8, 4) is 0 Å². The van der Waals surface area contributed by atoms with E-state index in [4.69, 9.17) is 0 Å². The third kappa shape index (κ3) is 1.68. The lowest BCUT2D eigenvalue weighted by atomic mass is 10.1. The Morgan fingerprint density at radius 2 is 1.82 bits per heavy atom. The summed E-state index contributed by atoms with van der Waals surface area (Å²) in [5.74, 6) is 2.48. The van der Waals surface area contributed by atoms with Crippen LogP contribution in [0, 0.1) is 13.8 Å². The van der Waals surface area contributed by atoms with Crippen molar-refractivity contribution in [3.63, 3.8) is 0 Å². The molecule has 1 heterocycles. The molecule has 0 N–H and O–H groups in total. The van der Waals surface area contributed by atoms with Gasteiger partial charge in [0.1, 0.15) is 0 Å². The van der Waals surface area contributed by atoms with Gasteiger partial charge in [0, 0.05) is 5.66 Å². The number of rotatable bonds is 1. The molecule has 0 amide bonds. The summed E-state index contributed by atoms with van der Waals surface area (Å²) in [5.41, 5.74) is 6.52. The summed E-state index contributed by atoms with van der Waals surface area (Å²) in [6.07, 6.45) is 2.36. The highest BCUT2D eigenvalue weighted by Crippen LogP contribution is 2.55. The van der Waals surface area contributed by atoms with Crippen LogP contribution in [0.25, 0.3) is 6.08 Å². The first-order valence-corrected chi connectivity index (χ1v) is 7.57. The molecule has 0 saturated carbocycles. The zero-order valence-corrected chi connectivity index (χ0v) is 11.5. The predicted molar refractivity (Wildman–Crippen MR) is 76.9 cm³/mol. The van der Waals surface area contributed by atoms with Crippen molar-refractivity contribution in [2.24, 2.45) is 0 Å². The van der Waals surface area contributed by atoms with Gasteiger partial charge < -0.3 is 0 Å². The van der Waals surface area contributed by atoms with Gasteiger partial charge in [-0.1, -0.05) is 42.0 Å². The van der Waals surface area contributed by atoms with Crippen LogP contribution < -0.4 is 0 Å². The molecule has 0 aliphatic heterocycles. The van der Waals surface area contributed by atoms with Gasteiger partial charge in [-0.15, -0.1) is 7.53 Å². The van der Waals surface area contributed by atoms with Gasteiger partial charge in [-0.25, -0.2) is 0 Å². The van der Waals surface area contributed by atoms with Crippen molar-refractivity contribution in [1.82, 2.24) is 0 Å². The third-order valence-electron chi connectivity index (χ3n) is 3.57. The van der Waals surface area contributed by atoms with Gasteiger partial charge in [-0.2, -0.15) is 0 Å². The Labute approximate surface area is 104 Å². The predicted octanol–water partition coefficient (Wildman–Crippen LogP) is 5.30. The summed E-state index contributed by atoms with van der Waals surface area (Å²) in [6, 6.07) is 11.2. The molecule has 86 valence electrons. The fourth-order valence-electron chi connectivity index (χ4n) is 2.87. The van der Waals surface area contributed by atoms with Crippen LogP contribution in [0.4, 0.5) is 0 Å². The van der Waals surface area contributed by atoms with E-state index in [0.717, 1.165) is 0 Å². The standard InChI is InChI=1S/C16H17P/c1-11-8-13(3)17(10-11)16-12(2)9-14-6-4-5-7-15(14)16/h4-10,16H,1-3H3. The van der Waals surface area contributed by atoms with Gasteiger partial charge in [0.05, 0.1) is 0 Å². The molecule has 2 unspecified atom stereocenters. The van der Waals surface area contributed by atoms with Gasteiger partial charge in [0.2, 0.25) is 0 Å². The molecule has 1 aromatic heterocycles. The van der Waals surface area contributed by atoms with Gasteiger partial charge >= 0.3 is 0 Å². The zero-order valence-electron chi connectivity index (χ0n) is 10.6. The minimum Gasteiger partial charge on any atom is -0.110 e. The summed E-state index contributed by atoms with van der Waals surface area (Å²) < 4.78 is 0. The Hall–Kier alpha value is -1.26. The first-order chi connectivity index (χ1) is 8.16. The SMILES string of the molecule is CC1=Cc2ccccc2C1p1cc(C)cc1C. The minimum absolute atomic E-state index is 0.142. The molecule has 0 bridgehead atoms. The Morgan fingerprint density at radius 1 is 1.06 bits per heavy atom. The van der Waals surface area contributed by atoms with Crippen LogP contribution in [0.3, 0.4) is 0 Å². The maximum atomic E-state index is 2.48. The van der Waals surface area contributed by atoms with Crippen molar-refractivity contribution >= 4 is 13.6 Å². The molecular formula is C16H17P. The third-order valence-corrected chi connectivity index (χ3v) is 6.44. The fourth-order valence-corrected chi connectivity index (χ4v) is 5.54. The lowest BCUT2D eigenvalue weighted by molar-refractivity contribution is 1.15. The van der Waals surface area contributed by atoms with Crippen molar-refractivity contribution in [1.29, 1.82) is 0 Å². The van der Waals surface area contributed by atoms with E-state index in [1.165, 1.54) is 22.3 Å². The summed E-state index contributed by atoms with van der Waals surface area (Å²) in [7, 11) is -0.142. The Balaban J connectivity index is 2.17. The average molecular weight is 240 g/mol. The molecule has 17 heavy (non-hydrogen) atoms. The second kappa shape index (κ2) is 3.89. The number of allylic oxidation sites excluding steroid dienone is 1. The molecule has 2 aromatic rings. The van der Waals surface area contributed by atoms with Crippen molar-refractivity contribution < 1.29 is 0 Å². The minimum atomic E-state index is -0.142. The number of fused-ring (bicyclic) bond motifs is 1. The summed E-state index contributed by atoms with van der Waals surface area (Å²) in [6.45, 7) is 6.78. The van der Waals surface area contributed by atoms with E-state index >= 15 is 0 Å². The number of hydrogen-bond donors (Lipinski definition) is 0. The van der Waals surface area contributed by atoms with Gasteiger partial charge in [-0.3, -0.25) is 0 Å². The largest absolute Gasteiger partial charge is 0.110 e. The fraction of sp³-hybridized carbons (Fsp3) is 0.250. The van der Waals surface area contributed by atoms with Crippen LogP contribution in [0.2, 0.25) is 0 Å². The number of hydrogen-bond acceptors (Lipinski definition) is 0. The normalized spacial score (nSPS) is 19.1. The van der Waals surface area contributed by atoms with Crippen LogP contribution in [-0.2, 0) is 0 Å².